The molecule has 5 heteroatoms. The summed E-state index contributed by atoms with van der Waals surface area (Å²) in [6.45, 7) is 7.26. The lowest BCUT2D eigenvalue weighted by atomic mass is 10.0. The topological polar surface area (TPSA) is 38.8 Å². The van der Waals surface area contributed by atoms with Crippen LogP contribution in [0.1, 0.15) is 68.3 Å². The number of rotatable bonds is 4. The predicted molar refractivity (Wildman–Crippen MR) is 94.7 cm³/mol. The zero-order valence-corrected chi connectivity index (χ0v) is 15.6. The molecule has 0 bridgehead atoms. The minimum atomic E-state index is -0.648. The van der Waals surface area contributed by atoms with Crippen LogP contribution in [0.5, 0.6) is 5.75 Å². The molecule has 1 aliphatic carbocycles. The summed E-state index contributed by atoms with van der Waals surface area (Å²) in [4.78, 5) is 14.5. The number of carbonyl (C=O) groups excluding carboxylic acids is 1. The highest BCUT2D eigenvalue weighted by atomic mass is 19.1. The van der Waals surface area contributed by atoms with Crippen molar-refractivity contribution in [1.82, 2.24) is 4.90 Å². The predicted octanol–water partition coefficient (Wildman–Crippen LogP) is 4.13. The quantitative estimate of drug-likeness (QED) is 0.766. The third kappa shape index (κ3) is 4.72. The van der Waals surface area contributed by atoms with Crippen molar-refractivity contribution in [3.63, 3.8) is 0 Å². The first-order chi connectivity index (χ1) is 11.7. The van der Waals surface area contributed by atoms with E-state index >= 15 is 0 Å². The highest BCUT2D eigenvalue weighted by Crippen LogP contribution is 2.45. The Morgan fingerprint density at radius 2 is 1.96 bits per heavy atom. The summed E-state index contributed by atoms with van der Waals surface area (Å²) >= 11 is 0. The minimum Gasteiger partial charge on any atom is -0.489 e. The summed E-state index contributed by atoms with van der Waals surface area (Å²) < 4.78 is 26.1. The second kappa shape index (κ2) is 6.94. The third-order valence-electron chi connectivity index (χ3n) is 4.61. The number of benzene rings is 1. The summed E-state index contributed by atoms with van der Waals surface area (Å²) in [7, 11) is 2.07. The number of esters is 1. The fourth-order valence-electron chi connectivity index (χ4n) is 3.27. The lowest BCUT2D eigenvalue weighted by Gasteiger charge is -2.30. The lowest BCUT2D eigenvalue weighted by Crippen LogP contribution is -2.38. The van der Waals surface area contributed by atoms with Crippen LogP contribution < -0.4 is 4.74 Å². The highest BCUT2D eigenvalue weighted by Gasteiger charge is 2.31. The van der Waals surface area contributed by atoms with E-state index in [1.54, 1.807) is 26.8 Å². The number of halogens is 1. The van der Waals surface area contributed by atoms with Gasteiger partial charge in [0.15, 0.2) is 0 Å². The molecule has 1 saturated carbocycles. The van der Waals surface area contributed by atoms with Crippen LogP contribution in [0.15, 0.2) is 12.1 Å². The van der Waals surface area contributed by atoms with Gasteiger partial charge >= 0.3 is 5.97 Å². The van der Waals surface area contributed by atoms with Crippen molar-refractivity contribution in [2.24, 2.45) is 0 Å². The van der Waals surface area contributed by atoms with Crippen molar-refractivity contribution in [2.75, 3.05) is 20.1 Å². The Hall–Kier alpha value is -1.62. The van der Waals surface area contributed by atoms with Crippen LogP contribution in [0, 0.1) is 5.82 Å². The summed E-state index contributed by atoms with van der Waals surface area (Å²) in [5.74, 6) is -0.237. The molecular formula is C20H28FNO3. The largest absolute Gasteiger partial charge is 0.489 e. The molecule has 1 atom stereocenters. The molecule has 0 spiro atoms. The molecule has 2 fully saturated rings. The number of likely N-dealkylation sites (tertiary alicyclic amines) is 1. The van der Waals surface area contributed by atoms with E-state index in [4.69, 9.17) is 9.47 Å². The van der Waals surface area contributed by atoms with Crippen molar-refractivity contribution < 1.29 is 18.7 Å². The van der Waals surface area contributed by atoms with Gasteiger partial charge in [-0.1, -0.05) is 0 Å². The number of carbonyl (C=O) groups is 1. The summed E-state index contributed by atoms with van der Waals surface area (Å²) in [6.07, 6.45) is 4.24. The van der Waals surface area contributed by atoms with Crippen molar-refractivity contribution in [3.05, 3.63) is 29.1 Å². The van der Waals surface area contributed by atoms with E-state index in [2.05, 4.69) is 11.9 Å². The molecule has 0 aromatic heterocycles. The molecule has 138 valence electrons. The van der Waals surface area contributed by atoms with Gasteiger partial charge in [-0.05, 0) is 77.6 Å². The first-order valence-electron chi connectivity index (χ1n) is 9.15. The van der Waals surface area contributed by atoms with Gasteiger partial charge in [0.1, 0.15) is 23.3 Å². The van der Waals surface area contributed by atoms with Gasteiger partial charge in [0.2, 0.25) is 0 Å². The molecule has 0 amide bonds. The Labute approximate surface area is 149 Å². The summed E-state index contributed by atoms with van der Waals surface area (Å²) in [5, 5.41) is 0. The first kappa shape index (κ1) is 18.2. The molecular weight excluding hydrogens is 321 g/mol. The van der Waals surface area contributed by atoms with Gasteiger partial charge < -0.3 is 14.4 Å². The van der Waals surface area contributed by atoms with E-state index in [0.717, 1.165) is 44.3 Å². The van der Waals surface area contributed by atoms with Gasteiger partial charge in [-0.3, -0.25) is 0 Å². The average Bonchev–Trinajstić information content (AvgIpc) is 3.30. The molecule has 1 saturated heterocycles. The second-order valence-electron chi connectivity index (χ2n) is 8.29. The number of ether oxygens (including phenoxy) is 2. The normalized spacial score (nSPS) is 21.9. The van der Waals surface area contributed by atoms with Gasteiger partial charge in [-0.25, -0.2) is 9.18 Å². The molecule has 0 radical (unpaired) electrons. The fourth-order valence-corrected chi connectivity index (χ4v) is 3.27. The van der Waals surface area contributed by atoms with Crippen LogP contribution in [-0.4, -0.2) is 42.7 Å². The van der Waals surface area contributed by atoms with Crippen LogP contribution in [-0.2, 0) is 4.74 Å². The number of hydrogen-bond donors (Lipinski definition) is 0. The van der Waals surface area contributed by atoms with E-state index in [9.17, 15) is 9.18 Å². The molecule has 3 rings (SSSR count). The molecule has 1 aromatic carbocycles. The maximum Gasteiger partial charge on any atom is 0.341 e. The molecule has 25 heavy (non-hydrogen) atoms. The molecule has 2 aliphatic rings. The minimum absolute atomic E-state index is 0.00457. The van der Waals surface area contributed by atoms with Crippen LogP contribution in [0.2, 0.25) is 0 Å². The average molecular weight is 349 g/mol. The van der Waals surface area contributed by atoms with E-state index in [1.165, 1.54) is 6.07 Å². The van der Waals surface area contributed by atoms with Gasteiger partial charge in [0, 0.05) is 12.6 Å². The van der Waals surface area contributed by atoms with E-state index < -0.39 is 17.4 Å². The smallest absolute Gasteiger partial charge is 0.341 e. The van der Waals surface area contributed by atoms with Gasteiger partial charge in [-0.2, -0.15) is 0 Å². The van der Waals surface area contributed by atoms with Crippen molar-refractivity contribution in [3.8, 4) is 5.75 Å². The SMILES string of the molecule is CN1CCC[C@@H](Oc2cc(F)c(C(=O)OC(C)(C)C)cc2C2CC2)C1. The Balaban J connectivity index is 1.84. The highest BCUT2D eigenvalue weighted by molar-refractivity contribution is 5.90. The zero-order chi connectivity index (χ0) is 18.2. The van der Waals surface area contributed by atoms with Gasteiger partial charge in [-0.15, -0.1) is 0 Å². The Kier molecular flexibility index (Phi) is 5.05. The molecule has 1 aromatic rings. The van der Waals surface area contributed by atoms with Crippen molar-refractivity contribution >= 4 is 5.97 Å². The molecule has 0 unspecified atom stereocenters. The second-order valence-corrected chi connectivity index (χ2v) is 8.29. The van der Waals surface area contributed by atoms with Gasteiger partial charge in [0.05, 0.1) is 5.56 Å². The number of nitrogens with zero attached hydrogens (tertiary/aromatic N) is 1. The Bertz CT molecular complexity index is 649. The van der Waals surface area contributed by atoms with Crippen molar-refractivity contribution in [2.45, 2.75) is 64.1 Å². The van der Waals surface area contributed by atoms with E-state index in [-0.39, 0.29) is 11.7 Å². The number of likely N-dealkylation sites (N-methyl/N-ethyl adjacent to an activating group) is 1. The Morgan fingerprint density at radius 3 is 2.56 bits per heavy atom. The van der Waals surface area contributed by atoms with Crippen LogP contribution in [0.3, 0.4) is 0 Å². The first-order valence-corrected chi connectivity index (χ1v) is 9.15. The van der Waals surface area contributed by atoms with Crippen LogP contribution in [0.4, 0.5) is 4.39 Å². The third-order valence-corrected chi connectivity index (χ3v) is 4.61. The van der Waals surface area contributed by atoms with E-state index in [0.29, 0.717) is 11.7 Å². The van der Waals surface area contributed by atoms with Crippen LogP contribution >= 0.6 is 0 Å². The molecule has 1 heterocycles. The fraction of sp³-hybridized carbons (Fsp3) is 0.650. The molecule has 1 aliphatic heterocycles. The number of hydrogen-bond acceptors (Lipinski definition) is 4. The maximum atomic E-state index is 14.6. The van der Waals surface area contributed by atoms with Crippen LogP contribution in [0.25, 0.3) is 0 Å². The summed E-state index contributed by atoms with van der Waals surface area (Å²) in [6, 6.07) is 3.02. The monoisotopic (exact) mass is 349 g/mol. The Morgan fingerprint density at radius 1 is 1.24 bits per heavy atom. The van der Waals surface area contributed by atoms with Gasteiger partial charge in [0.25, 0.3) is 0 Å². The number of piperidine rings is 1. The zero-order valence-electron chi connectivity index (χ0n) is 15.6. The lowest BCUT2D eigenvalue weighted by molar-refractivity contribution is 0.00645. The maximum absolute atomic E-state index is 14.6. The summed E-state index contributed by atoms with van der Waals surface area (Å²) in [5.41, 5.74) is 0.297. The standard InChI is InChI=1S/C20H28FNO3/c1-20(2,3)25-19(23)16-10-15(13-7-8-13)18(11-17(16)21)24-14-6-5-9-22(4)12-14/h10-11,13-14H,5-9,12H2,1-4H3/t14-/m1/s1. The van der Waals surface area contributed by atoms with Crippen molar-refractivity contribution in [1.29, 1.82) is 0 Å². The molecule has 0 N–H and O–H groups in total. The van der Waals surface area contributed by atoms with E-state index in [1.807, 2.05) is 0 Å². The molecule has 4 nitrogen and oxygen atoms in total.